The Balaban J connectivity index is 2.19. The number of carboxylic acid groups (broad SMARTS) is 1. The summed E-state index contributed by atoms with van der Waals surface area (Å²) in [5.74, 6) is -1.75. The van der Waals surface area contributed by atoms with Crippen LogP contribution in [0.15, 0.2) is 12.3 Å². The third kappa shape index (κ3) is 2.83. The molecule has 0 aromatic carbocycles. The number of rotatable bonds is 5. The number of hydrogen-bond acceptors (Lipinski definition) is 5. The van der Waals surface area contributed by atoms with Crippen LogP contribution in [0.2, 0.25) is 0 Å². The molecule has 20 heavy (non-hydrogen) atoms. The number of hydrogen-bond donors (Lipinski definition) is 2. The van der Waals surface area contributed by atoms with E-state index >= 15 is 0 Å². The Bertz CT molecular complexity index is 684. The van der Waals surface area contributed by atoms with Gasteiger partial charge in [-0.3, -0.25) is 14.6 Å². The Kier molecular flexibility index (Phi) is 4.10. The van der Waals surface area contributed by atoms with Gasteiger partial charge in [0.05, 0.1) is 21.3 Å². The first-order valence-corrected chi connectivity index (χ1v) is 6.78. The van der Waals surface area contributed by atoms with Crippen LogP contribution in [0, 0.1) is 12.7 Å². The molecule has 0 aliphatic rings. The summed E-state index contributed by atoms with van der Waals surface area (Å²) in [6, 6.07) is 0.548. The van der Waals surface area contributed by atoms with E-state index in [4.69, 9.17) is 10.8 Å². The number of aromatic nitrogens is 1. The van der Waals surface area contributed by atoms with Crippen LogP contribution in [-0.2, 0) is 4.79 Å². The van der Waals surface area contributed by atoms with Gasteiger partial charge in [0.25, 0.3) is 0 Å². The van der Waals surface area contributed by atoms with Gasteiger partial charge in [0.15, 0.2) is 5.78 Å². The summed E-state index contributed by atoms with van der Waals surface area (Å²) in [6.45, 7) is 1.63. The molecule has 0 unspecified atom stereocenters. The average Bonchev–Trinajstić information content (AvgIpc) is 2.84. The third-order valence-electron chi connectivity index (χ3n) is 3.00. The van der Waals surface area contributed by atoms with Crippen molar-refractivity contribution in [1.82, 2.24) is 4.98 Å². The number of carbonyl (C=O) groups is 2. The highest BCUT2D eigenvalue weighted by Crippen LogP contribution is 2.29. The Labute approximate surface area is 118 Å². The summed E-state index contributed by atoms with van der Waals surface area (Å²) in [7, 11) is 0. The molecule has 0 saturated heterocycles. The molecule has 2 aromatic rings. The molecule has 5 nitrogen and oxygen atoms in total. The topological polar surface area (TPSA) is 93.3 Å². The van der Waals surface area contributed by atoms with E-state index in [9.17, 15) is 14.0 Å². The number of thiophene rings is 1. The van der Waals surface area contributed by atoms with Gasteiger partial charge in [-0.25, -0.2) is 4.39 Å². The van der Waals surface area contributed by atoms with Crippen molar-refractivity contribution < 1.29 is 19.1 Å². The van der Waals surface area contributed by atoms with Gasteiger partial charge < -0.3 is 10.8 Å². The lowest BCUT2D eigenvalue weighted by atomic mass is 10.1. The average molecular weight is 296 g/mol. The predicted octanol–water partition coefficient (Wildman–Crippen LogP) is 2.12. The van der Waals surface area contributed by atoms with Crippen LogP contribution in [-0.4, -0.2) is 27.9 Å². The molecule has 0 amide bonds. The van der Waals surface area contributed by atoms with Crippen molar-refractivity contribution in [2.24, 2.45) is 5.73 Å². The summed E-state index contributed by atoms with van der Waals surface area (Å²) in [6.07, 6.45) is 1.24. The second-order valence-corrected chi connectivity index (χ2v) is 5.51. The largest absolute Gasteiger partial charge is 0.480 e. The van der Waals surface area contributed by atoms with Crippen molar-refractivity contribution in [1.29, 1.82) is 0 Å². The van der Waals surface area contributed by atoms with Crippen LogP contribution in [0.5, 0.6) is 0 Å². The van der Waals surface area contributed by atoms with Crippen LogP contribution in [0.4, 0.5) is 4.39 Å². The van der Waals surface area contributed by atoms with E-state index < -0.39 is 17.8 Å². The number of carbonyl (C=O) groups excluding carboxylic acids is 1. The van der Waals surface area contributed by atoms with Crippen molar-refractivity contribution in [2.45, 2.75) is 25.8 Å². The van der Waals surface area contributed by atoms with Crippen molar-refractivity contribution in [3.63, 3.8) is 0 Å². The van der Waals surface area contributed by atoms with Crippen molar-refractivity contribution in [2.75, 3.05) is 0 Å². The zero-order valence-corrected chi connectivity index (χ0v) is 11.5. The first kappa shape index (κ1) is 14.5. The number of pyridine rings is 1. The quantitative estimate of drug-likeness (QED) is 0.824. The Morgan fingerprint density at radius 2 is 2.25 bits per heavy atom. The molecule has 7 heteroatoms. The standard InChI is InChI=1S/C13H13FN2O3S/c1-6-7(14)5-16-9-4-11(20-12(6)9)10(17)3-2-8(15)13(18)19/h4-5,8H,2-3,15H2,1H3,(H,18,19)/t8-/m1/s1. The number of halogens is 1. The summed E-state index contributed by atoms with van der Waals surface area (Å²) < 4.78 is 14.0. The molecule has 1 atom stereocenters. The monoisotopic (exact) mass is 296 g/mol. The lowest BCUT2D eigenvalue weighted by Crippen LogP contribution is -2.30. The fourth-order valence-electron chi connectivity index (χ4n) is 1.75. The SMILES string of the molecule is Cc1c(F)cnc2cc(C(=O)CC[C@@H](N)C(=O)O)sc12. The Morgan fingerprint density at radius 1 is 1.55 bits per heavy atom. The van der Waals surface area contributed by atoms with Crippen LogP contribution in [0.1, 0.15) is 28.1 Å². The number of fused-ring (bicyclic) bond motifs is 1. The first-order chi connectivity index (χ1) is 9.40. The highest BCUT2D eigenvalue weighted by atomic mass is 32.1. The Morgan fingerprint density at radius 3 is 2.90 bits per heavy atom. The first-order valence-electron chi connectivity index (χ1n) is 5.96. The smallest absolute Gasteiger partial charge is 0.320 e. The molecule has 2 aromatic heterocycles. The second-order valence-electron chi connectivity index (χ2n) is 4.46. The summed E-state index contributed by atoms with van der Waals surface area (Å²) in [4.78, 5) is 26.9. The molecule has 0 fully saturated rings. The van der Waals surface area contributed by atoms with Gasteiger partial charge in [-0.2, -0.15) is 0 Å². The third-order valence-corrected chi connectivity index (χ3v) is 4.29. The van der Waals surface area contributed by atoms with Crippen molar-refractivity contribution >= 4 is 33.3 Å². The fourth-order valence-corrected chi connectivity index (χ4v) is 2.82. The summed E-state index contributed by atoms with van der Waals surface area (Å²) in [5.41, 5.74) is 6.38. The number of nitrogens with zero attached hydrogens (tertiary/aromatic N) is 1. The molecular weight excluding hydrogens is 283 g/mol. The summed E-state index contributed by atoms with van der Waals surface area (Å²) in [5, 5.41) is 8.66. The number of nitrogens with two attached hydrogens (primary N) is 1. The van der Waals surface area contributed by atoms with Crippen LogP contribution >= 0.6 is 11.3 Å². The zero-order chi connectivity index (χ0) is 14.9. The van der Waals surface area contributed by atoms with E-state index in [1.165, 1.54) is 11.3 Å². The Hall–Kier alpha value is -1.86. The molecule has 0 aliphatic carbocycles. The van der Waals surface area contributed by atoms with Gasteiger partial charge in [0.1, 0.15) is 11.9 Å². The fraction of sp³-hybridized carbons (Fsp3) is 0.308. The highest BCUT2D eigenvalue weighted by molar-refractivity contribution is 7.21. The normalized spacial score (nSPS) is 12.6. The van der Waals surface area contributed by atoms with E-state index in [0.717, 1.165) is 6.20 Å². The van der Waals surface area contributed by atoms with Crippen LogP contribution in [0.25, 0.3) is 10.2 Å². The van der Waals surface area contributed by atoms with Gasteiger partial charge in [-0.05, 0) is 19.4 Å². The number of carboxylic acids is 1. The van der Waals surface area contributed by atoms with E-state index in [0.29, 0.717) is 20.7 Å². The molecule has 3 N–H and O–H groups in total. The molecule has 2 rings (SSSR count). The van der Waals surface area contributed by atoms with Gasteiger partial charge in [-0.1, -0.05) is 0 Å². The maximum Gasteiger partial charge on any atom is 0.320 e. The van der Waals surface area contributed by atoms with Gasteiger partial charge in [-0.15, -0.1) is 11.3 Å². The minimum Gasteiger partial charge on any atom is -0.480 e. The number of ketones is 1. The molecule has 0 aliphatic heterocycles. The molecule has 0 spiro atoms. The van der Waals surface area contributed by atoms with Crippen molar-refractivity contribution in [3.8, 4) is 0 Å². The summed E-state index contributed by atoms with van der Waals surface area (Å²) >= 11 is 1.17. The van der Waals surface area contributed by atoms with Gasteiger partial charge in [0.2, 0.25) is 0 Å². The van der Waals surface area contributed by atoms with Gasteiger partial charge >= 0.3 is 5.97 Å². The lowest BCUT2D eigenvalue weighted by molar-refractivity contribution is -0.138. The number of aryl methyl sites for hydroxylation is 1. The van der Waals surface area contributed by atoms with Crippen LogP contribution < -0.4 is 5.73 Å². The van der Waals surface area contributed by atoms with E-state index in [1.807, 2.05) is 0 Å². The highest BCUT2D eigenvalue weighted by Gasteiger charge is 2.17. The molecular formula is C13H13FN2O3S. The minimum atomic E-state index is -1.13. The maximum atomic E-state index is 13.4. The molecule has 2 heterocycles. The second kappa shape index (κ2) is 5.64. The molecule has 0 saturated carbocycles. The molecule has 106 valence electrons. The van der Waals surface area contributed by atoms with Crippen LogP contribution in [0.3, 0.4) is 0 Å². The van der Waals surface area contributed by atoms with Crippen molar-refractivity contribution in [3.05, 3.63) is 28.5 Å². The molecule has 0 bridgehead atoms. The lowest BCUT2D eigenvalue weighted by Gasteiger charge is -2.03. The predicted molar refractivity (Wildman–Crippen MR) is 73.5 cm³/mol. The number of aliphatic carboxylic acids is 1. The minimum absolute atomic E-state index is 0.0435. The van der Waals surface area contributed by atoms with E-state index in [-0.39, 0.29) is 18.6 Å². The molecule has 0 radical (unpaired) electrons. The van der Waals surface area contributed by atoms with Gasteiger partial charge in [0, 0.05) is 12.0 Å². The zero-order valence-electron chi connectivity index (χ0n) is 10.7. The maximum absolute atomic E-state index is 13.4. The van der Waals surface area contributed by atoms with E-state index in [1.54, 1.807) is 13.0 Å². The number of Topliss-reactive ketones (excluding diaryl/α,β-unsaturated/α-hetero) is 1. The van der Waals surface area contributed by atoms with E-state index in [2.05, 4.69) is 4.98 Å².